The third kappa shape index (κ3) is 5.23. The van der Waals surface area contributed by atoms with Crippen LogP contribution in [0.2, 0.25) is 0 Å². The summed E-state index contributed by atoms with van der Waals surface area (Å²) in [6, 6.07) is 9.14. The molecule has 2 fully saturated rings. The van der Waals surface area contributed by atoms with Crippen LogP contribution in [0.3, 0.4) is 0 Å². The molecule has 1 heterocycles. The fourth-order valence-corrected chi connectivity index (χ4v) is 7.12. The number of carbonyl (C=O) groups is 1. The predicted octanol–water partition coefficient (Wildman–Crippen LogP) is 4.57. The highest BCUT2D eigenvalue weighted by atomic mass is 32.2. The molecular weight excluding hydrogens is 450 g/mol. The lowest BCUT2D eigenvalue weighted by Crippen LogP contribution is -2.51. The van der Waals surface area contributed by atoms with Gasteiger partial charge >= 0.3 is 5.97 Å². The molecule has 0 atom stereocenters. The maximum Gasteiger partial charge on any atom is 0.337 e. The van der Waals surface area contributed by atoms with Crippen LogP contribution in [0.15, 0.2) is 35.2 Å². The largest absolute Gasteiger partial charge is 0.478 e. The Morgan fingerprint density at radius 1 is 0.941 bits per heavy atom. The quantitative estimate of drug-likeness (QED) is 0.623. The van der Waals surface area contributed by atoms with E-state index >= 15 is 0 Å². The van der Waals surface area contributed by atoms with E-state index in [0.717, 1.165) is 31.7 Å². The van der Waals surface area contributed by atoms with E-state index in [2.05, 4.69) is 14.5 Å². The average molecular weight is 486 g/mol. The summed E-state index contributed by atoms with van der Waals surface area (Å²) in [6.07, 6.45) is 6.45. The first-order valence-corrected chi connectivity index (χ1v) is 13.6. The number of carboxylic acids is 1. The van der Waals surface area contributed by atoms with Crippen LogP contribution in [-0.2, 0) is 10.0 Å². The van der Waals surface area contributed by atoms with Crippen molar-refractivity contribution >= 4 is 27.4 Å². The molecule has 2 N–H and O–H groups in total. The summed E-state index contributed by atoms with van der Waals surface area (Å²) in [6.45, 7) is 8.85. The number of piperazine rings is 1. The van der Waals surface area contributed by atoms with Crippen molar-refractivity contribution in [1.82, 2.24) is 4.90 Å². The molecule has 1 aliphatic carbocycles. The summed E-state index contributed by atoms with van der Waals surface area (Å²) in [7, 11) is -3.85. The Kier molecular flexibility index (Phi) is 7.19. The zero-order valence-corrected chi connectivity index (χ0v) is 21.1. The lowest BCUT2D eigenvalue weighted by Gasteiger charge is -2.41. The number of aromatic carboxylic acids is 1. The Morgan fingerprint density at radius 2 is 1.56 bits per heavy atom. The lowest BCUT2D eigenvalue weighted by molar-refractivity contribution is 0.0697. The Morgan fingerprint density at radius 3 is 2.15 bits per heavy atom. The van der Waals surface area contributed by atoms with Crippen molar-refractivity contribution in [2.75, 3.05) is 35.8 Å². The summed E-state index contributed by atoms with van der Waals surface area (Å²) in [5, 5.41) is 9.90. The number of carboxylic acid groups (broad SMARTS) is 1. The van der Waals surface area contributed by atoms with Crippen LogP contribution >= 0.6 is 0 Å². The zero-order chi connectivity index (χ0) is 24.5. The van der Waals surface area contributed by atoms with Crippen LogP contribution in [0.1, 0.15) is 59.2 Å². The van der Waals surface area contributed by atoms with Crippen molar-refractivity contribution in [3.05, 3.63) is 52.6 Å². The fraction of sp³-hybridized carbons (Fsp3) is 0.500. The van der Waals surface area contributed by atoms with Gasteiger partial charge in [0.05, 0.1) is 16.1 Å². The molecule has 4 rings (SSSR count). The first-order chi connectivity index (χ1) is 16.2. The van der Waals surface area contributed by atoms with Crippen molar-refractivity contribution in [3.8, 4) is 0 Å². The Balaban J connectivity index is 1.53. The molecule has 0 radical (unpaired) electrons. The molecule has 2 aliphatic rings. The monoisotopic (exact) mass is 485 g/mol. The predicted molar refractivity (Wildman–Crippen MR) is 136 cm³/mol. The molecule has 2 aromatic rings. The van der Waals surface area contributed by atoms with Crippen molar-refractivity contribution in [3.63, 3.8) is 0 Å². The number of aryl methyl sites for hydroxylation is 3. The molecule has 1 saturated heterocycles. The Bertz CT molecular complexity index is 1140. The minimum atomic E-state index is -3.85. The minimum absolute atomic E-state index is 0.115. The average Bonchev–Trinajstić information content (AvgIpc) is 2.78. The molecule has 2 aromatic carbocycles. The third-order valence-corrected chi connectivity index (χ3v) is 8.78. The van der Waals surface area contributed by atoms with E-state index in [9.17, 15) is 18.3 Å². The Hall–Kier alpha value is -2.58. The summed E-state index contributed by atoms with van der Waals surface area (Å²) < 4.78 is 28.9. The molecule has 0 spiro atoms. The highest BCUT2D eigenvalue weighted by Gasteiger charge is 2.27. The fourth-order valence-electron chi connectivity index (χ4n) is 5.62. The van der Waals surface area contributed by atoms with Crippen LogP contribution < -0.4 is 9.62 Å². The maximum atomic E-state index is 13.1. The molecule has 0 aromatic heterocycles. The number of nitrogens with one attached hydrogen (secondary N) is 1. The van der Waals surface area contributed by atoms with Crippen molar-refractivity contribution < 1.29 is 18.3 Å². The van der Waals surface area contributed by atoms with Crippen LogP contribution in [0.5, 0.6) is 0 Å². The van der Waals surface area contributed by atoms with Gasteiger partial charge in [-0.3, -0.25) is 9.62 Å². The topological polar surface area (TPSA) is 90.0 Å². The molecular formula is C26H35N3O4S. The van der Waals surface area contributed by atoms with Gasteiger partial charge in [0.2, 0.25) is 0 Å². The van der Waals surface area contributed by atoms with E-state index in [-0.39, 0.29) is 16.1 Å². The van der Waals surface area contributed by atoms with Gasteiger partial charge in [0, 0.05) is 37.9 Å². The van der Waals surface area contributed by atoms with Gasteiger partial charge in [0.1, 0.15) is 0 Å². The second-order valence-corrected chi connectivity index (χ2v) is 11.3. The minimum Gasteiger partial charge on any atom is -0.478 e. The van der Waals surface area contributed by atoms with Crippen LogP contribution in [0.4, 0.5) is 11.4 Å². The highest BCUT2D eigenvalue weighted by molar-refractivity contribution is 7.92. The second-order valence-electron chi connectivity index (χ2n) is 9.69. The Labute approximate surface area is 202 Å². The van der Waals surface area contributed by atoms with E-state index in [4.69, 9.17) is 0 Å². The summed E-state index contributed by atoms with van der Waals surface area (Å²) in [5.41, 5.74) is 3.33. The first kappa shape index (κ1) is 24.5. The van der Waals surface area contributed by atoms with Gasteiger partial charge in [-0.2, -0.15) is 0 Å². The highest BCUT2D eigenvalue weighted by Crippen LogP contribution is 2.30. The molecule has 0 bridgehead atoms. The summed E-state index contributed by atoms with van der Waals surface area (Å²) >= 11 is 0. The second kappa shape index (κ2) is 9.96. The first-order valence-electron chi connectivity index (χ1n) is 12.1. The van der Waals surface area contributed by atoms with Crippen molar-refractivity contribution in [2.45, 2.75) is 63.8 Å². The lowest BCUT2D eigenvalue weighted by atomic mass is 9.94. The standard InChI is InChI=1S/C26H35N3O4S/c1-18-15-19(2)25(20(3)16-18)34(32,33)27-21-9-10-24(23(17-21)26(30)31)29-13-11-28(12-14-29)22-7-5-4-6-8-22/h9-10,15-17,22,27H,4-8,11-14H2,1-3H3,(H,30,31). The number of anilines is 2. The number of nitrogens with zero attached hydrogens (tertiary/aromatic N) is 2. The molecule has 184 valence electrons. The maximum absolute atomic E-state index is 13.1. The van der Waals surface area contributed by atoms with Crippen molar-refractivity contribution in [2.24, 2.45) is 0 Å². The van der Waals surface area contributed by atoms with E-state index in [0.29, 0.717) is 22.9 Å². The molecule has 1 aliphatic heterocycles. The van der Waals surface area contributed by atoms with Crippen LogP contribution in [0.25, 0.3) is 0 Å². The SMILES string of the molecule is Cc1cc(C)c(S(=O)(=O)Nc2ccc(N3CCN(C4CCCCC4)CC3)c(C(=O)O)c2)c(C)c1. The molecule has 1 saturated carbocycles. The van der Waals surface area contributed by atoms with Crippen molar-refractivity contribution in [1.29, 1.82) is 0 Å². The molecule has 0 amide bonds. The van der Waals surface area contributed by atoms with E-state index in [1.807, 2.05) is 19.1 Å². The van der Waals surface area contributed by atoms with Gasteiger partial charge in [0.25, 0.3) is 10.0 Å². The zero-order valence-electron chi connectivity index (χ0n) is 20.3. The molecule has 8 heteroatoms. The van der Waals surface area contributed by atoms with Gasteiger partial charge in [0.15, 0.2) is 0 Å². The number of hydrogen-bond donors (Lipinski definition) is 2. The van der Waals surface area contributed by atoms with E-state index in [1.165, 1.54) is 38.2 Å². The van der Waals surface area contributed by atoms with Gasteiger partial charge < -0.3 is 10.0 Å². The number of rotatable bonds is 6. The van der Waals surface area contributed by atoms with Crippen LogP contribution in [0, 0.1) is 20.8 Å². The van der Waals surface area contributed by atoms with Gasteiger partial charge in [-0.15, -0.1) is 0 Å². The summed E-state index contributed by atoms with van der Waals surface area (Å²) in [4.78, 5) is 17.0. The van der Waals surface area contributed by atoms with E-state index in [1.54, 1.807) is 26.0 Å². The van der Waals surface area contributed by atoms with E-state index < -0.39 is 16.0 Å². The third-order valence-electron chi connectivity index (χ3n) is 7.10. The van der Waals surface area contributed by atoms with Crippen LogP contribution in [-0.4, -0.2) is 56.6 Å². The molecule has 0 unspecified atom stereocenters. The summed E-state index contributed by atoms with van der Waals surface area (Å²) in [5.74, 6) is -1.06. The normalized spacial score (nSPS) is 18.1. The smallest absolute Gasteiger partial charge is 0.337 e. The van der Waals surface area contributed by atoms with Gasteiger partial charge in [-0.1, -0.05) is 37.0 Å². The molecule has 34 heavy (non-hydrogen) atoms. The molecule has 7 nitrogen and oxygen atoms in total. The van der Waals surface area contributed by atoms with Gasteiger partial charge in [-0.05, 0) is 62.9 Å². The van der Waals surface area contributed by atoms with Gasteiger partial charge in [-0.25, -0.2) is 13.2 Å². The number of sulfonamides is 1. The number of benzene rings is 2. The number of hydrogen-bond acceptors (Lipinski definition) is 5.